The van der Waals surface area contributed by atoms with Crippen molar-refractivity contribution in [3.63, 3.8) is 0 Å². The van der Waals surface area contributed by atoms with E-state index in [9.17, 15) is 9.59 Å². The molecule has 3 aromatic carbocycles. The number of thioether (sulfide) groups is 1. The second kappa shape index (κ2) is 10.9. The monoisotopic (exact) mass is 535 g/mol. The molecule has 4 aromatic rings. The van der Waals surface area contributed by atoms with E-state index in [-0.39, 0.29) is 22.6 Å². The third-order valence-electron chi connectivity index (χ3n) is 8.12. The van der Waals surface area contributed by atoms with Crippen LogP contribution in [0.15, 0.2) is 88.8 Å². The summed E-state index contributed by atoms with van der Waals surface area (Å²) in [5, 5.41) is 3.56. The number of nitrogens with one attached hydrogen (secondary N) is 1. The lowest BCUT2D eigenvalue weighted by Gasteiger charge is -2.42. The van der Waals surface area contributed by atoms with E-state index in [1.807, 2.05) is 67.6 Å². The molecule has 1 spiro atoms. The summed E-state index contributed by atoms with van der Waals surface area (Å²) >= 11 is 1.33. The molecule has 1 N–H and O–H groups in total. The second-order valence-corrected chi connectivity index (χ2v) is 11.8. The average Bonchev–Trinajstić information content (AvgIpc) is 2.96. The van der Waals surface area contributed by atoms with Gasteiger partial charge in [-0.2, -0.15) is 0 Å². The molecule has 6 rings (SSSR count). The molecule has 1 heterocycles. The molecule has 0 saturated heterocycles. The first-order valence-corrected chi connectivity index (χ1v) is 14.8. The van der Waals surface area contributed by atoms with Crippen LogP contribution in [0.5, 0.6) is 0 Å². The van der Waals surface area contributed by atoms with Crippen LogP contribution in [0, 0.1) is 6.92 Å². The summed E-state index contributed by atoms with van der Waals surface area (Å²) in [6.45, 7) is 2.50. The first-order valence-electron chi connectivity index (χ1n) is 13.8. The van der Waals surface area contributed by atoms with Crippen LogP contribution in [-0.4, -0.2) is 21.2 Å². The van der Waals surface area contributed by atoms with Gasteiger partial charge in [-0.25, -0.2) is 4.98 Å². The molecule has 39 heavy (non-hydrogen) atoms. The lowest BCUT2D eigenvalue weighted by Crippen LogP contribution is -2.43. The molecule has 0 bridgehead atoms. The first-order chi connectivity index (χ1) is 19.0. The summed E-state index contributed by atoms with van der Waals surface area (Å²) < 4.78 is 1.76. The van der Waals surface area contributed by atoms with Gasteiger partial charge in [0.25, 0.3) is 5.56 Å². The van der Waals surface area contributed by atoms with Gasteiger partial charge < -0.3 is 5.32 Å². The lowest BCUT2D eigenvalue weighted by molar-refractivity contribution is -0.118. The van der Waals surface area contributed by atoms with Crippen molar-refractivity contribution in [2.45, 2.75) is 62.6 Å². The van der Waals surface area contributed by atoms with Crippen LogP contribution in [0.25, 0.3) is 16.9 Å². The SMILES string of the molecule is Cc1cccc(-n2c(SCC(=O)NCc3ccccc3)nc3c(c2=O)C2(CCCCC2)Cc2ccccc2-3)c1. The minimum Gasteiger partial charge on any atom is -0.351 e. The number of aryl methyl sites for hydroxylation is 1. The van der Waals surface area contributed by atoms with Gasteiger partial charge in [0, 0.05) is 17.5 Å². The topological polar surface area (TPSA) is 64.0 Å². The predicted molar refractivity (Wildman–Crippen MR) is 157 cm³/mol. The van der Waals surface area contributed by atoms with E-state index in [2.05, 4.69) is 23.5 Å². The fourth-order valence-corrected chi connectivity index (χ4v) is 7.09. The van der Waals surface area contributed by atoms with E-state index in [1.165, 1.54) is 23.7 Å². The highest BCUT2D eigenvalue weighted by molar-refractivity contribution is 7.99. The quantitative estimate of drug-likeness (QED) is 0.230. The van der Waals surface area contributed by atoms with Crippen molar-refractivity contribution >= 4 is 17.7 Å². The Labute approximate surface area is 233 Å². The summed E-state index contributed by atoms with van der Waals surface area (Å²) in [5.74, 6) is 0.0900. The third kappa shape index (κ3) is 5.06. The van der Waals surface area contributed by atoms with Gasteiger partial charge in [-0.05, 0) is 55.0 Å². The Bertz CT molecular complexity index is 1570. The van der Waals surface area contributed by atoms with Crippen LogP contribution in [-0.2, 0) is 23.2 Å². The van der Waals surface area contributed by atoms with E-state index in [4.69, 9.17) is 4.98 Å². The van der Waals surface area contributed by atoms with Crippen molar-refractivity contribution in [1.29, 1.82) is 0 Å². The molecule has 6 heteroatoms. The normalized spacial score (nSPS) is 15.4. The molecule has 1 amide bonds. The summed E-state index contributed by atoms with van der Waals surface area (Å²) in [5.41, 5.74) is 6.73. The predicted octanol–water partition coefficient (Wildman–Crippen LogP) is 6.37. The zero-order valence-corrected chi connectivity index (χ0v) is 23.1. The Kier molecular flexibility index (Phi) is 7.13. The smallest absolute Gasteiger partial charge is 0.263 e. The van der Waals surface area contributed by atoms with Crippen molar-refractivity contribution < 1.29 is 4.79 Å². The lowest BCUT2D eigenvalue weighted by atomic mass is 9.62. The van der Waals surface area contributed by atoms with Gasteiger partial charge in [0.15, 0.2) is 5.16 Å². The highest BCUT2D eigenvalue weighted by Crippen LogP contribution is 2.49. The Balaban J connectivity index is 1.43. The van der Waals surface area contributed by atoms with Gasteiger partial charge >= 0.3 is 0 Å². The number of hydrogen-bond donors (Lipinski definition) is 1. The molecule has 2 aliphatic rings. The van der Waals surface area contributed by atoms with Gasteiger partial charge in [-0.15, -0.1) is 0 Å². The molecule has 198 valence electrons. The maximum absolute atomic E-state index is 14.6. The summed E-state index contributed by atoms with van der Waals surface area (Å²) in [7, 11) is 0. The maximum atomic E-state index is 14.6. The standard InChI is InChI=1S/C33H33N3O2S/c1-23-11-10-15-26(19-23)36-31(38)29-30(27-16-7-6-14-25(27)20-33(29)17-8-3-9-18-33)35-32(36)39-22-28(37)34-21-24-12-4-2-5-13-24/h2,4-7,10-16,19H,3,8-9,17-18,20-22H2,1H3,(H,34,37). The van der Waals surface area contributed by atoms with Crippen LogP contribution in [0.4, 0.5) is 0 Å². The van der Waals surface area contributed by atoms with Crippen LogP contribution >= 0.6 is 11.8 Å². The summed E-state index contributed by atoms with van der Waals surface area (Å²) in [6.07, 6.45) is 6.37. The zero-order chi connectivity index (χ0) is 26.8. The van der Waals surface area contributed by atoms with Crippen molar-refractivity contribution in [3.8, 4) is 16.9 Å². The molecule has 0 unspecified atom stereocenters. The number of nitrogens with zero attached hydrogens (tertiary/aromatic N) is 2. The van der Waals surface area contributed by atoms with Crippen molar-refractivity contribution in [3.05, 3.63) is 111 Å². The van der Waals surface area contributed by atoms with Crippen molar-refractivity contribution in [2.24, 2.45) is 0 Å². The molecule has 0 radical (unpaired) electrons. The van der Waals surface area contributed by atoms with E-state index in [0.29, 0.717) is 11.7 Å². The van der Waals surface area contributed by atoms with Gasteiger partial charge in [0.2, 0.25) is 5.91 Å². The largest absolute Gasteiger partial charge is 0.351 e. The Hall–Kier alpha value is -3.64. The molecule has 2 aliphatic carbocycles. The number of fused-ring (bicyclic) bond motifs is 4. The highest BCUT2D eigenvalue weighted by Gasteiger charge is 2.43. The van der Waals surface area contributed by atoms with Crippen LogP contribution < -0.4 is 10.9 Å². The van der Waals surface area contributed by atoms with Crippen LogP contribution in [0.3, 0.4) is 0 Å². The van der Waals surface area contributed by atoms with Crippen LogP contribution in [0.2, 0.25) is 0 Å². The minimum absolute atomic E-state index is 0.00852. The van der Waals surface area contributed by atoms with Gasteiger partial charge in [0.05, 0.1) is 22.7 Å². The van der Waals surface area contributed by atoms with E-state index in [1.54, 1.807) is 4.57 Å². The molecule has 0 atom stereocenters. The molecular weight excluding hydrogens is 502 g/mol. The van der Waals surface area contributed by atoms with Gasteiger partial charge in [-0.1, -0.05) is 97.8 Å². The Morgan fingerprint density at radius 1 is 0.974 bits per heavy atom. The fourth-order valence-electron chi connectivity index (χ4n) is 6.26. The number of benzene rings is 3. The van der Waals surface area contributed by atoms with Gasteiger partial charge in [-0.3, -0.25) is 14.2 Å². The second-order valence-electron chi connectivity index (χ2n) is 10.8. The zero-order valence-electron chi connectivity index (χ0n) is 22.3. The van der Waals surface area contributed by atoms with Gasteiger partial charge in [0.1, 0.15) is 0 Å². The summed E-state index contributed by atoms with van der Waals surface area (Å²) in [6, 6.07) is 26.3. The number of carbonyl (C=O) groups excluding carboxylic acids is 1. The Morgan fingerprint density at radius 3 is 2.54 bits per heavy atom. The van der Waals surface area contributed by atoms with E-state index >= 15 is 0 Å². The number of amides is 1. The minimum atomic E-state index is -0.187. The van der Waals surface area contributed by atoms with Crippen molar-refractivity contribution in [2.75, 3.05) is 5.75 Å². The molecule has 1 fully saturated rings. The number of aromatic nitrogens is 2. The molecule has 1 aromatic heterocycles. The molecule has 1 saturated carbocycles. The summed E-state index contributed by atoms with van der Waals surface area (Å²) in [4.78, 5) is 32.7. The average molecular weight is 536 g/mol. The third-order valence-corrected chi connectivity index (χ3v) is 9.06. The molecular formula is C33H33N3O2S. The van der Waals surface area contributed by atoms with E-state index in [0.717, 1.165) is 65.7 Å². The molecule has 0 aliphatic heterocycles. The number of carbonyl (C=O) groups is 1. The highest BCUT2D eigenvalue weighted by atomic mass is 32.2. The maximum Gasteiger partial charge on any atom is 0.263 e. The van der Waals surface area contributed by atoms with Crippen molar-refractivity contribution in [1.82, 2.24) is 14.9 Å². The first kappa shape index (κ1) is 25.6. The fraction of sp³-hybridized carbons (Fsp3) is 0.303. The number of hydrogen-bond acceptors (Lipinski definition) is 4. The molecule has 5 nitrogen and oxygen atoms in total. The van der Waals surface area contributed by atoms with Crippen LogP contribution in [0.1, 0.15) is 54.4 Å². The van der Waals surface area contributed by atoms with E-state index < -0.39 is 0 Å². The number of rotatable bonds is 6. The Morgan fingerprint density at radius 2 is 1.74 bits per heavy atom.